The van der Waals surface area contributed by atoms with E-state index >= 15 is 0 Å². The molecule has 5 N–H and O–H groups in total. The Labute approximate surface area is 167 Å². The first-order valence-corrected chi connectivity index (χ1v) is 9.01. The van der Waals surface area contributed by atoms with Crippen molar-refractivity contribution in [1.29, 1.82) is 0 Å². The van der Waals surface area contributed by atoms with Crippen LogP contribution in [-0.4, -0.2) is 11.0 Å². The number of halogens is 2. The Hall–Kier alpha value is -2.37. The monoisotopic (exact) mass is 400 g/mol. The van der Waals surface area contributed by atoms with Crippen LogP contribution in [0.25, 0.3) is 11.1 Å². The second-order valence-corrected chi connectivity index (χ2v) is 7.03. The van der Waals surface area contributed by atoms with Gasteiger partial charge in [0.25, 0.3) is 0 Å². The Balaban J connectivity index is 1.83. The molecule has 2 atom stereocenters. The molecule has 0 fully saturated rings. The minimum Gasteiger partial charge on any atom is -0.386 e. The molecule has 0 saturated heterocycles. The second kappa shape index (κ2) is 8.11. The normalized spacial score (nSPS) is 13.2. The summed E-state index contributed by atoms with van der Waals surface area (Å²) in [5.41, 5.74) is 15.1. The molecular formula is C21H18Cl2N2O2. The predicted octanol–water partition coefficient (Wildman–Crippen LogP) is 4.49. The third-order valence-electron chi connectivity index (χ3n) is 4.40. The Bertz CT molecular complexity index is 974. The summed E-state index contributed by atoms with van der Waals surface area (Å²) in [5, 5.41) is 11.4. The Morgan fingerprint density at radius 1 is 0.852 bits per heavy atom. The van der Waals surface area contributed by atoms with Crippen LogP contribution >= 0.6 is 23.2 Å². The Morgan fingerprint density at radius 2 is 1.52 bits per heavy atom. The SMILES string of the molecule is NC(=O)c1cccc(-c2ccc([C@@H](O)[C@@H](N)c3ccc(Cl)c(Cl)c3)cc2)c1. The number of aliphatic hydroxyl groups excluding tert-OH is 1. The molecule has 4 nitrogen and oxygen atoms in total. The van der Waals surface area contributed by atoms with Crippen LogP contribution in [0.2, 0.25) is 10.0 Å². The average Bonchev–Trinajstić information content (AvgIpc) is 2.69. The molecule has 0 unspecified atom stereocenters. The van der Waals surface area contributed by atoms with Crippen molar-refractivity contribution in [2.45, 2.75) is 12.1 Å². The van der Waals surface area contributed by atoms with Crippen LogP contribution in [-0.2, 0) is 0 Å². The molecule has 3 rings (SSSR count). The van der Waals surface area contributed by atoms with Crippen molar-refractivity contribution in [3.63, 3.8) is 0 Å². The van der Waals surface area contributed by atoms with Gasteiger partial charge in [0.2, 0.25) is 5.91 Å². The van der Waals surface area contributed by atoms with Crippen molar-refractivity contribution >= 4 is 29.1 Å². The Kier molecular flexibility index (Phi) is 5.82. The van der Waals surface area contributed by atoms with Gasteiger partial charge in [-0.1, -0.05) is 65.7 Å². The topological polar surface area (TPSA) is 89.3 Å². The van der Waals surface area contributed by atoms with E-state index in [4.69, 9.17) is 34.7 Å². The summed E-state index contributed by atoms with van der Waals surface area (Å²) in [6.45, 7) is 0. The van der Waals surface area contributed by atoms with Crippen LogP contribution in [0.4, 0.5) is 0 Å². The van der Waals surface area contributed by atoms with Crippen LogP contribution < -0.4 is 11.5 Å². The highest BCUT2D eigenvalue weighted by Gasteiger charge is 2.19. The summed E-state index contributed by atoms with van der Waals surface area (Å²) in [6, 6.07) is 18.8. The second-order valence-electron chi connectivity index (χ2n) is 6.21. The van der Waals surface area contributed by atoms with Crippen LogP contribution in [0, 0.1) is 0 Å². The lowest BCUT2D eigenvalue weighted by molar-refractivity contribution is 0.100. The molecule has 1 amide bonds. The summed E-state index contributed by atoms with van der Waals surface area (Å²) >= 11 is 12.0. The lowest BCUT2D eigenvalue weighted by Crippen LogP contribution is -2.19. The van der Waals surface area contributed by atoms with Crippen molar-refractivity contribution in [2.75, 3.05) is 0 Å². The molecule has 0 spiro atoms. The summed E-state index contributed by atoms with van der Waals surface area (Å²) < 4.78 is 0. The molecule has 6 heteroatoms. The number of rotatable bonds is 5. The average molecular weight is 401 g/mol. The summed E-state index contributed by atoms with van der Waals surface area (Å²) in [4.78, 5) is 11.3. The fraction of sp³-hybridized carbons (Fsp3) is 0.0952. The van der Waals surface area contributed by atoms with E-state index < -0.39 is 18.1 Å². The lowest BCUT2D eigenvalue weighted by Gasteiger charge is -2.20. The number of primary amides is 1. The zero-order chi connectivity index (χ0) is 19.6. The van der Waals surface area contributed by atoms with Gasteiger partial charge in [-0.25, -0.2) is 0 Å². The quantitative estimate of drug-likeness (QED) is 0.588. The molecule has 0 aromatic heterocycles. The molecule has 27 heavy (non-hydrogen) atoms. The maximum atomic E-state index is 11.3. The van der Waals surface area contributed by atoms with E-state index in [1.807, 2.05) is 18.2 Å². The van der Waals surface area contributed by atoms with E-state index in [0.717, 1.165) is 11.1 Å². The zero-order valence-electron chi connectivity index (χ0n) is 14.3. The predicted molar refractivity (Wildman–Crippen MR) is 109 cm³/mol. The Morgan fingerprint density at radius 3 is 2.15 bits per heavy atom. The summed E-state index contributed by atoms with van der Waals surface area (Å²) in [7, 11) is 0. The molecule has 0 aliphatic carbocycles. The van der Waals surface area contributed by atoms with Crippen LogP contribution in [0.3, 0.4) is 0 Å². The van der Waals surface area contributed by atoms with Gasteiger partial charge in [0, 0.05) is 5.56 Å². The van der Waals surface area contributed by atoms with Gasteiger partial charge in [-0.05, 0) is 46.5 Å². The van der Waals surface area contributed by atoms with Crippen molar-refractivity contribution in [3.05, 3.63) is 93.5 Å². The molecule has 138 valence electrons. The molecule has 0 aliphatic rings. The number of carbonyl (C=O) groups is 1. The fourth-order valence-electron chi connectivity index (χ4n) is 2.83. The molecule has 0 bridgehead atoms. The number of hydrogen-bond donors (Lipinski definition) is 3. The van der Waals surface area contributed by atoms with Crippen molar-refractivity contribution < 1.29 is 9.90 Å². The van der Waals surface area contributed by atoms with E-state index in [-0.39, 0.29) is 0 Å². The highest BCUT2D eigenvalue weighted by molar-refractivity contribution is 6.42. The van der Waals surface area contributed by atoms with Gasteiger partial charge in [0.05, 0.1) is 22.2 Å². The highest BCUT2D eigenvalue weighted by atomic mass is 35.5. The molecule has 0 heterocycles. The number of aliphatic hydroxyl groups is 1. The van der Waals surface area contributed by atoms with Gasteiger partial charge in [0.15, 0.2) is 0 Å². The van der Waals surface area contributed by atoms with Gasteiger partial charge >= 0.3 is 0 Å². The molecule has 0 radical (unpaired) electrons. The first-order chi connectivity index (χ1) is 12.9. The first kappa shape index (κ1) is 19.4. The van der Waals surface area contributed by atoms with E-state index in [0.29, 0.717) is 26.7 Å². The highest BCUT2D eigenvalue weighted by Crippen LogP contribution is 2.32. The number of hydrogen-bond acceptors (Lipinski definition) is 3. The van der Waals surface area contributed by atoms with Crippen molar-refractivity contribution in [2.24, 2.45) is 11.5 Å². The third kappa shape index (κ3) is 4.31. The maximum absolute atomic E-state index is 11.3. The van der Waals surface area contributed by atoms with Gasteiger partial charge in [-0.15, -0.1) is 0 Å². The largest absolute Gasteiger partial charge is 0.386 e. The van der Waals surface area contributed by atoms with Crippen LogP contribution in [0.1, 0.15) is 33.6 Å². The third-order valence-corrected chi connectivity index (χ3v) is 5.14. The zero-order valence-corrected chi connectivity index (χ0v) is 15.8. The minimum absolute atomic E-state index is 0.390. The number of carbonyl (C=O) groups excluding carboxylic acids is 1. The standard InChI is InChI=1S/C21H18Cl2N2O2/c22-17-9-8-15(11-18(17)23)19(24)20(26)13-6-4-12(5-7-13)14-2-1-3-16(10-14)21(25)27/h1-11,19-20,26H,24H2,(H2,25,27)/t19-,20+/m0/s1. The van der Waals surface area contributed by atoms with Crippen molar-refractivity contribution in [1.82, 2.24) is 0 Å². The van der Waals surface area contributed by atoms with Crippen LogP contribution in [0.5, 0.6) is 0 Å². The molecule has 0 aliphatic heterocycles. The van der Waals surface area contributed by atoms with Crippen molar-refractivity contribution in [3.8, 4) is 11.1 Å². The molecular weight excluding hydrogens is 383 g/mol. The van der Waals surface area contributed by atoms with Crippen LogP contribution in [0.15, 0.2) is 66.7 Å². The summed E-state index contributed by atoms with van der Waals surface area (Å²) in [6.07, 6.45) is -0.909. The van der Waals surface area contributed by atoms with Gasteiger partial charge in [-0.3, -0.25) is 4.79 Å². The van der Waals surface area contributed by atoms with E-state index in [9.17, 15) is 9.90 Å². The maximum Gasteiger partial charge on any atom is 0.248 e. The van der Waals surface area contributed by atoms with E-state index in [2.05, 4.69) is 0 Å². The minimum atomic E-state index is -0.909. The fourth-order valence-corrected chi connectivity index (χ4v) is 3.14. The number of nitrogens with two attached hydrogens (primary N) is 2. The lowest BCUT2D eigenvalue weighted by atomic mass is 9.94. The molecule has 0 saturated carbocycles. The van der Waals surface area contributed by atoms with Gasteiger partial charge in [0.1, 0.15) is 0 Å². The van der Waals surface area contributed by atoms with E-state index in [1.54, 1.807) is 48.5 Å². The smallest absolute Gasteiger partial charge is 0.248 e. The van der Waals surface area contributed by atoms with E-state index in [1.165, 1.54) is 0 Å². The molecule has 3 aromatic carbocycles. The first-order valence-electron chi connectivity index (χ1n) is 8.25. The van der Waals surface area contributed by atoms with Gasteiger partial charge in [-0.2, -0.15) is 0 Å². The van der Waals surface area contributed by atoms with Gasteiger partial charge < -0.3 is 16.6 Å². The summed E-state index contributed by atoms with van der Waals surface area (Å²) in [5.74, 6) is -0.475. The number of benzene rings is 3. The number of amides is 1. The molecule has 3 aromatic rings.